The van der Waals surface area contributed by atoms with Crippen LogP contribution in [0, 0.1) is 6.92 Å². The van der Waals surface area contributed by atoms with Crippen LogP contribution in [-0.4, -0.2) is 57.8 Å². The molecule has 2 amide bonds. The molecular weight excluding hydrogens is 308 g/mol. The number of nitrogens with zero attached hydrogens (tertiary/aromatic N) is 2. The second kappa shape index (κ2) is 6.74. The smallest absolute Gasteiger partial charge is 0.323 e. The topological polar surface area (TPSA) is 89.3 Å². The number of aromatic nitrogens is 2. The second-order valence-electron chi connectivity index (χ2n) is 6.00. The van der Waals surface area contributed by atoms with Crippen molar-refractivity contribution in [3.05, 3.63) is 57.8 Å². The van der Waals surface area contributed by atoms with E-state index in [0.29, 0.717) is 32.6 Å². The fraction of sp³-hybridized carbons (Fsp3) is 0.353. The largest absolute Gasteiger partial charge is 0.339 e. The second-order valence-corrected chi connectivity index (χ2v) is 6.00. The first-order valence-electron chi connectivity index (χ1n) is 7.93. The molecule has 0 aliphatic carbocycles. The van der Waals surface area contributed by atoms with Crippen LogP contribution in [0.3, 0.4) is 0 Å². The van der Waals surface area contributed by atoms with Crippen molar-refractivity contribution < 1.29 is 9.59 Å². The Morgan fingerprint density at radius 3 is 2.46 bits per heavy atom. The van der Waals surface area contributed by atoms with Crippen molar-refractivity contribution in [3.63, 3.8) is 0 Å². The van der Waals surface area contributed by atoms with Crippen molar-refractivity contribution in [3.8, 4) is 0 Å². The highest BCUT2D eigenvalue weighted by Crippen LogP contribution is 2.10. The van der Waals surface area contributed by atoms with Gasteiger partial charge in [0.05, 0.1) is 6.42 Å². The first-order valence-corrected chi connectivity index (χ1v) is 7.93. The molecule has 7 nitrogen and oxygen atoms in total. The van der Waals surface area contributed by atoms with E-state index in [9.17, 15) is 14.4 Å². The summed E-state index contributed by atoms with van der Waals surface area (Å²) in [5, 5.41) is 0. The maximum Gasteiger partial charge on any atom is 0.323 e. The highest BCUT2D eigenvalue weighted by Gasteiger charge is 2.25. The Kier molecular flexibility index (Phi) is 4.50. The monoisotopic (exact) mass is 328 g/mol. The molecular formula is C17H20N4O3. The van der Waals surface area contributed by atoms with Gasteiger partial charge < -0.3 is 19.8 Å². The average Bonchev–Trinajstić information content (AvgIpc) is 3.01. The molecule has 1 aromatic heterocycles. The third-order valence-electron chi connectivity index (χ3n) is 4.18. The maximum absolute atomic E-state index is 12.4. The van der Waals surface area contributed by atoms with Gasteiger partial charge in [0.2, 0.25) is 5.91 Å². The fourth-order valence-corrected chi connectivity index (χ4v) is 2.89. The first kappa shape index (κ1) is 16.0. The number of aromatic amines is 2. The predicted octanol–water partition coefficient (Wildman–Crippen LogP) is 0.539. The molecule has 3 rings (SSSR count). The summed E-state index contributed by atoms with van der Waals surface area (Å²) < 4.78 is 0. The van der Waals surface area contributed by atoms with Gasteiger partial charge in [0, 0.05) is 32.4 Å². The lowest BCUT2D eigenvalue weighted by Gasteiger charge is -2.34. The zero-order valence-electron chi connectivity index (χ0n) is 13.5. The number of aryl methyl sites for hydroxylation is 1. The van der Waals surface area contributed by atoms with E-state index in [4.69, 9.17) is 0 Å². The van der Waals surface area contributed by atoms with Gasteiger partial charge in [0.25, 0.3) is 5.91 Å². The van der Waals surface area contributed by atoms with Crippen LogP contribution < -0.4 is 5.69 Å². The molecule has 0 bridgehead atoms. The number of amides is 2. The molecule has 7 heteroatoms. The molecule has 1 aromatic carbocycles. The molecule has 126 valence electrons. The Labute approximate surface area is 139 Å². The Morgan fingerprint density at radius 1 is 1.12 bits per heavy atom. The van der Waals surface area contributed by atoms with Crippen molar-refractivity contribution in [1.82, 2.24) is 19.8 Å². The molecule has 0 spiro atoms. The van der Waals surface area contributed by atoms with Crippen LogP contribution in [0.1, 0.15) is 21.6 Å². The molecule has 1 aliphatic heterocycles. The summed E-state index contributed by atoms with van der Waals surface area (Å²) in [7, 11) is 0. The Bertz CT molecular complexity index is 800. The molecule has 0 unspecified atom stereocenters. The zero-order chi connectivity index (χ0) is 17.1. The van der Waals surface area contributed by atoms with Gasteiger partial charge in [-0.05, 0) is 12.5 Å². The summed E-state index contributed by atoms with van der Waals surface area (Å²) in [5.74, 6) is -0.151. The van der Waals surface area contributed by atoms with Gasteiger partial charge in [0.1, 0.15) is 5.69 Å². The molecule has 0 atom stereocenters. The molecule has 2 heterocycles. The minimum Gasteiger partial charge on any atom is -0.339 e. The number of nitrogens with one attached hydrogen (secondary N) is 2. The van der Waals surface area contributed by atoms with Crippen molar-refractivity contribution in [2.45, 2.75) is 13.3 Å². The van der Waals surface area contributed by atoms with Crippen LogP contribution in [0.5, 0.6) is 0 Å². The number of imidazole rings is 1. The lowest BCUT2D eigenvalue weighted by molar-refractivity contribution is -0.131. The van der Waals surface area contributed by atoms with Gasteiger partial charge in [-0.25, -0.2) is 4.79 Å². The molecule has 1 aliphatic rings. The summed E-state index contributed by atoms with van der Waals surface area (Å²) in [4.78, 5) is 44.0. The normalized spacial score (nSPS) is 14.7. The maximum atomic E-state index is 12.4. The summed E-state index contributed by atoms with van der Waals surface area (Å²) in [5.41, 5.74) is 1.99. The number of hydrogen-bond donors (Lipinski definition) is 2. The molecule has 0 radical (unpaired) electrons. The van der Waals surface area contributed by atoms with Crippen molar-refractivity contribution >= 4 is 11.8 Å². The van der Waals surface area contributed by atoms with Gasteiger partial charge >= 0.3 is 5.69 Å². The van der Waals surface area contributed by atoms with Crippen LogP contribution in [0.15, 0.2) is 35.3 Å². The number of piperazine rings is 1. The molecule has 2 aromatic rings. The average molecular weight is 328 g/mol. The Hall–Kier alpha value is -2.83. The summed E-state index contributed by atoms with van der Waals surface area (Å²) >= 11 is 0. The summed E-state index contributed by atoms with van der Waals surface area (Å²) in [6.07, 6.45) is 1.75. The SMILES string of the molecule is Cc1cccc(CC(=O)N2CCN(C(=O)c3c[nH]c(=O)[nH]3)CC2)c1. The van der Waals surface area contributed by atoms with Gasteiger partial charge in [0.15, 0.2) is 0 Å². The van der Waals surface area contributed by atoms with Crippen LogP contribution in [0.2, 0.25) is 0 Å². The Balaban J connectivity index is 1.55. The lowest BCUT2D eigenvalue weighted by Crippen LogP contribution is -2.51. The van der Waals surface area contributed by atoms with Crippen LogP contribution in [0.4, 0.5) is 0 Å². The van der Waals surface area contributed by atoms with Crippen LogP contribution in [0.25, 0.3) is 0 Å². The highest BCUT2D eigenvalue weighted by atomic mass is 16.2. The summed E-state index contributed by atoms with van der Waals surface area (Å²) in [6.45, 7) is 3.94. The third kappa shape index (κ3) is 3.56. The van der Waals surface area contributed by atoms with E-state index in [1.54, 1.807) is 9.80 Å². The van der Waals surface area contributed by atoms with Crippen LogP contribution >= 0.6 is 0 Å². The first-order chi connectivity index (χ1) is 11.5. The lowest BCUT2D eigenvalue weighted by atomic mass is 10.1. The highest BCUT2D eigenvalue weighted by molar-refractivity contribution is 5.92. The number of hydrogen-bond acceptors (Lipinski definition) is 3. The van der Waals surface area contributed by atoms with E-state index in [0.717, 1.165) is 11.1 Å². The van der Waals surface area contributed by atoms with Crippen molar-refractivity contribution in [1.29, 1.82) is 0 Å². The number of carbonyl (C=O) groups excluding carboxylic acids is 2. The number of benzene rings is 1. The molecule has 0 saturated carbocycles. The van der Waals surface area contributed by atoms with Gasteiger partial charge in [-0.2, -0.15) is 0 Å². The molecule has 1 fully saturated rings. The number of carbonyl (C=O) groups is 2. The number of rotatable bonds is 3. The standard InChI is InChI=1S/C17H20N4O3/c1-12-3-2-4-13(9-12)10-15(22)20-5-7-21(8-6-20)16(23)14-11-18-17(24)19-14/h2-4,9,11H,5-8,10H2,1H3,(H2,18,19,24). The number of H-pyrrole nitrogens is 2. The fourth-order valence-electron chi connectivity index (χ4n) is 2.89. The van der Waals surface area contributed by atoms with E-state index in [-0.39, 0.29) is 17.5 Å². The van der Waals surface area contributed by atoms with Gasteiger partial charge in [-0.1, -0.05) is 29.8 Å². The summed E-state index contributed by atoms with van der Waals surface area (Å²) in [6, 6.07) is 7.92. The Morgan fingerprint density at radius 2 is 1.83 bits per heavy atom. The van der Waals surface area contributed by atoms with Crippen molar-refractivity contribution in [2.75, 3.05) is 26.2 Å². The minimum absolute atomic E-state index is 0.0720. The van der Waals surface area contributed by atoms with E-state index in [1.807, 2.05) is 31.2 Å². The van der Waals surface area contributed by atoms with E-state index in [2.05, 4.69) is 9.97 Å². The zero-order valence-corrected chi connectivity index (χ0v) is 13.5. The van der Waals surface area contributed by atoms with Gasteiger partial charge in [-0.3, -0.25) is 9.59 Å². The predicted molar refractivity (Wildman–Crippen MR) is 88.8 cm³/mol. The molecule has 24 heavy (non-hydrogen) atoms. The molecule has 2 N–H and O–H groups in total. The van der Waals surface area contributed by atoms with Crippen molar-refractivity contribution in [2.24, 2.45) is 0 Å². The van der Waals surface area contributed by atoms with E-state index >= 15 is 0 Å². The van der Waals surface area contributed by atoms with E-state index in [1.165, 1.54) is 6.20 Å². The van der Waals surface area contributed by atoms with Gasteiger partial charge in [-0.15, -0.1) is 0 Å². The quantitative estimate of drug-likeness (QED) is 0.862. The molecule has 1 saturated heterocycles. The minimum atomic E-state index is -0.398. The third-order valence-corrected chi connectivity index (χ3v) is 4.18. The van der Waals surface area contributed by atoms with Crippen LogP contribution in [-0.2, 0) is 11.2 Å². The van der Waals surface area contributed by atoms with E-state index < -0.39 is 5.69 Å².